The Hall–Kier alpha value is -2.06. The molecule has 1 aromatic carbocycles. The smallest absolute Gasteiger partial charge is 0.444 e. The lowest BCUT2D eigenvalue weighted by molar-refractivity contribution is 0.0141. The summed E-state index contributed by atoms with van der Waals surface area (Å²) in [5.74, 6) is -0.0681. The summed E-state index contributed by atoms with van der Waals surface area (Å²) in [7, 11) is -0.536. The summed E-state index contributed by atoms with van der Waals surface area (Å²) >= 11 is 0. The van der Waals surface area contributed by atoms with Crippen molar-refractivity contribution in [3.8, 4) is 0 Å². The SMILES string of the molecule is CC1(C)COB(c2ccccc2C(=O)N2CCN(C(=O)OC(C)(C)C)CC2)OC1. The van der Waals surface area contributed by atoms with Crippen molar-refractivity contribution in [1.82, 2.24) is 9.80 Å². The maximum atomic E-state index is 13.2. The first-order chi connectivity index (χ1) is 13.6. The van der Waals surface area contributed by atoms with E-state index in [9.17, 15) is 9.59 Å². The van der Waals surface area contributed by atoms with E-state index in [0.29, 0.717) is 45.0 Å². The van der Waals surface area contributed by atoms with E-state index in [2.05, 4.69) is 13.8 Å². The molecular formula is C21H31BN2O5. The largest absolute Gasteiger partial charge is 0.494 e. The van der Waals surface area contributed by atoms with Crippen LogP contribution in [0.3, 0.4) is 0 Å². The van der Waals surface area contributed by atoms with E-state index in [4.69, 9.17) is 14.0 Å². The number of nitrogens with zero attached hydrogens (tertiary/aromatic N) is 2. The Balaban J connectivity index is 1.64. The van der Waals surface area contributed by atoms with Crippen molar-refractivity contribution in [3.63, 3.8) is 0 Å². The van der Waals surface area contributed by atoms with Gasteiger partial charge in [-0.25, -0.2) is 4.79 Å². The highest BCUT2D eigenvalue weighted by atomic mass is 16.6. The van der Waals surface area contributed by atoms with Gasteiger partial charge in [0.15, 0.2) is 0 Å². The summed E-state index contributed by atoms with van der Waals surface area (Å²) in [5, 5.41) is 0. The molecule has 8 heteroatoms. The topological polar surface area (TPSA) is 68.3 Å². The molecule has 2 heterocycles. The van der Waals surface area contributed by atoms with E-state index in [1.54, 1.807) is 9.80 Å². The quantitative estimate of drug-likeness (QED) is 0.710. The third-order valence-electron chi connectivity index (χ3n) is 4.91. The molecule has 1 aromatic rings. The van der Waals surface area contributed by atoms with Gasteiger partial charge in [0.1, 0.15) is 5.60 Å². The Morgan fingerprint density at radius 1 is 1.00 bits per heavy atom. The molecule has 2 aliphatic heterocycles. The second kappa shape index (κ2) is 8.36. The van der Waals surface area contributed by atoms with Crippen LogP contribution in [0.5, 0.6) is 0 Å². The fraction of sp³-hybridized carbons (Fsp3) is 0.619. The van der Waals surface area contributed by atoms with Gasteiger partial charge in [-0.1, -0.05) is 32.0 Å². The van der Waals surface area contributed by atoms with Gasteiger partial charge in [-0.3, -0.25) is 4.79 Å². The number of benzene rings is 1. The van der Waals surface area contributed by atoms with Gasteiger partial charge in [0, 0.05) is 50.4 Å². The highest BCUT2D eigenvalue weighted by Crippen LogP contribution is 2.22. The van der Waals surface area contributed by atoms with Crippen molar-refractivity contribution in [2.24, 2.45) is 5.41 Å². The van der Waals surface area contributed by atoms with Crippen LogP contribution in [0.2, 0.25) is 0 Å². The predicted octanol–water partition coefficient (Wildman–Crippen LogP) is 2.15. The van der Waals surface area contributed by atoms with E-state index in [1.165, 1.54) is 0 Å². The number of ether oxygens (including phenoxy) is 1. The van der Waals surface area contributed by atoms with Crippen LogP contribution in [0.1, 0.15) is 45.0 Å². The van der Waals surface area contributed by atoms with Crippen LogP contribution in [0.25, 0.3) is 0 Å². The average molecular weight is 402 g/mol. The maximum Gasteiger partial charge on any atom is 0.494 e. The van der Waals surface area contributed by atoms with Gasteiger partial charge in [-0.05, 0) is 32.3 Å². The summed E-state index contributed by atoms with van der Waals surface area (Å²) < 4.78 is 17.2. The molecule has 158 valence electrons. The lowest BCUT2D eigenvalue weighted by Crippen LogP contribution is -2.53. The molecule has 2 saturated heterocycles. The van der Waals surface area contributed by atoms with Crippen molar-refractivity contribution in [2.45, 2.75) is 40.2 Å². The maximum absolute atomic E-state index is 13.2. The molecule has 29 heavy (non-hydrogen) atoms. The second-order valence-electron chi connectivity index (χ2n) is 9.46. The molecule has 0 N–H and O–H groups in total. The van der Waals surface area contributed by atoms with Gasteiger partial charge in [0.05, 0.1) is 0 Å². The normalized spacial score (nSPS) is 19.8. The van der Waals surface area contributed by atoms with Crippen molar-refractivity contribution in [1.29, 1.82) is 0 Å². The van der Waals surface area contributed by atoms with Crippen LogP contribution in [0.4, 0.5) is 4.79 Å². The molecule has 0 aromatic heterocycles. The Morgan fingerprint density at radius 3 is 2.14 bits per heavy atom. The van der Waals surface area contributed by atoms with Gasteiger partial charge < -0.3 is 23.8 Å². The van der Waals surface area contributed by atoms with Gasteiger partial charge >= 0.3 is 13.2 Å². The van der Waals surface area contributed by atoms with Gasteiger partial charge in [-0.15, -0.1) is 0 Å². The van der Waals surface area contributed by atoms with Crippen molar-refractivity contribution in [3.05, 3.63) is 29.8 Å². The number of rotatable bonds is 2. The third-order valence-corrected chi connectivity index (χ3v) is 4.91. The third kappa shape index (κ3) is 5.51. The lowest BCUT2D eigenvalue weighted by Gasteiger charge is -2.36. The highest BCUT2D eigenvalue weighted by Gasteiger charge is 2.36. The zero-order chi connectivity index (χ0) is 21.2. The standard InChI is InChI=1S/C21H31BN2O5/c1-20(2,3)29-19(26)24-12-10-23(11-13-24)18(25)16-8-6-7-9-17(16)22-27-14-21(4,5)15-28-22/h6-9H,10-15H2,1-5H3. The van der Waals surface area contributed by atoms with Crippen LogP contribution in [0.15, 0.2) is 24.3 Å². The molecule has 2 fully saturated rings. The van der Waals surface area contributed by atoms with Crippen LogP contribution in [0, 0.1) is 5.41 Å². The summed E-state index contributed by atoms with van der Waals surface area (Å²) in [6.07, 6.45) is -0.336. The van der Waals surface area contributed by atoms with E-state index >= 15 is 0 Å². The zero-order valence-electron chi connectivity index (χ0n) is 18.1. The first kappa shape index (κ1) is 21.6. The van der Waals surface area contributed by atoms with Crippen LogP contribution < -0.4 is 5.46 Å². The number of piperazine rings is 1. The number of carbonyl (C=O) groups is 2. The highest BCUT2D eigenvalue weighted by molar-refractivity contribution is 6.63. The molecule has 0 spiro atoms. The zero-order valence-corrected chi connectivity index (χ0v) is 18.1. The number of amides is 2. The number of hydrogen-bond acceptors (Lipinski definition) is 5. The molecule has 0 atom stereocenters. The molecule has 2 aliphatic rings. The van der Waals surface area contributed by atoms with E-state index in [-0.39, 0.29) is 17.4 Å². The average Bonchev–Trinajstić information content (AvgIpc) is 2.66. The van der Waals surface area contributed by atoms with Gasteiger partial charge in [0.2, 0.25) is 0 Å². The van der Waals surface area contributed by atoms with Crippen LogP contribution in [-0.2, 0) is 14.0 Å². The van der Waals surface area contributed by atoms with E-state index in [0.717, 1.165) is 5.46 Å². The molecule has 3 rings (SSSR count). The van der Waals surface area contributed by atoms with Gasteiger partial charge in [0.25, 0.3) is 5.91 Å². The molecule has 2 amide bonds. The van der Waals surface area contributed by atoms with E-state index < -0.39 is 12.7 Å². The van der Waals surface area contributed by atoms with Crippen molar-refractivity contribution < 1.29 is 23.6 Å². The molecule has 7 nitrogen and oxygen atoms in total. The Kier molecular flexibility index (Phi) is 6.24. The first-order valence-electron chi connectivity index (χ1n) is 10.2. The van der Waals surface area contributed by atoms with Gasteiger partial charge in [-0.2, -0.15) is 0 Å². The number of carbonyl (C=O) groups excluding carboxylic acids is 2. The minimum Gasteiger partial charge on any atom is -0.444 e. The number of hydrogen-bond donors (Lipinski definition) is 0. The van der Waals surface area contributed by atoms with E-state index in [1.807, 2.05) is 45.0 Å². The predicted molar refractivity (Wildman–Crippen MR) is 111 cm³/mol. The Morgan fingerprint density at radius 2 is 1.55 bits per heavy atom. The molecule has 0 unspecified atom stereocenters. The van der Waals surface area contributed by atoms with Crippen LogP contribution >= 0.6 is 0 Å². The van der Waals surface area contributed by atoms with Crippen molar-refractivity contribution >= 4 is 24.6 Å². The fourth-order valence-corrected chi connectivity index (χ4v) is 3.36. The minimum absolute atomic E-state index is 0.0343. The van der Waals surface area contributed by atoms with Crippen molar-refractivity contribution in [2.75, 3.05) is 39.4 Å². The monoisotopic (exact) mass is 402 g/mol. The first-order valence-corrected chi connectivity index (χ1v) is 10.2. The summed E-state index contributed by atoms with van der Waals surface area (Å²) in [5.41, 5.74) is 0.774. The summed E-state index contributed by atoms with van der Waals surface area (Å²) in [6.45, 7) is 12.7. The molecular weight excluding hydrogens is 371 g/mol. The Bertz CT molecular complexity index is 744. The summed E-state index contributed by atoms with van der Waals surface area (Å²) in [4.78, 5) is 28.8. The molecule has 0 saturated carbocycles. The minimum atomic E-state index is -0.536. The summed E-state index contributed by atoms with van der Waals surface area (Å²) in [6, 6.07) is 7.43. The second-order valence-corrected chi connectivity index (χ2v) is 9.46. The Labute approximate surface area is 173 Å². The lowest BCUT2D eigenvalue weighted by atomic mass is 9.73. The molecule has 0 aliphatic carbocycles. The fourth-order valence-electron chi connectivity index (χ4n) is 3.36. The van der Waals surface area contributed by atoms with Crippen LogP contribution in [-0.4, -0.2) is 73.9 Å². The molecule has 0 radical (unpaired) electrons. The molecule has 0 bridgehead atoms.